The molecule has 2 aliphatic rings. The predicted molar refractivity (Wildman–Crippen MR) is 61.0 cm³/mol. The molecule has 0 aliphatic carbocycles. The van der Waals surface area contributed by atoms with Crippen LogP contribution in [0.2, 0.25) is 0 Å². The average Bonchev–Trinajstić information content (AvgIpc) is 2.48. The van der Waals surface area contributed by atoms with Gasteiger partial charge in [0, 0.05) is 19.2 Å². The summed E-state index contributed by atoms with van der Waals surface area (Å²) in [6, 6.07) is 3.59. The summed E-state index contributed by atoms with van der Waals surface area (Å²) in [5, 5.41) is 0. The van der Waals surface area contributed by atoms with Crippen molar-refractivity contribution in [3.63, 3.8) is 0 Å². The fraction of sp³-hybridized carbons (Fsp3) is 0.417. The minimum absolute atomic E-state index is 0.0421. The Morgan fingerprint density at radius 2 is 1.65 bits per heavy atom. The largest absolute Gasteiger partial charge is 0.491 e. The van der Waals surface area contributed by atoms with Gasteiger partial charge in [-0.3, -0.25) is 4.79 Å². The van der Waals surface area contributed by atoms with Gasteiger partial charge in [-0.2, -0.15) is 0 Å². The van der Waals surface area contributed by atoms with E-state index in [1.54, 1.807) is 24.1 Å². The lowest BCUT2D eigenvalue weighted by Crippen LogP contribution is -2.25. The van der Waals surface area contributed by atoms with Crippen LogP contribution < -0.4 is 19.1 Å². The number of anilines is 1. The van der Waals surface area contributed by atoms with Crippen LogP contribution in [0.25, 0.3) is 0 Å². The van der Waals surface area contributed by atoms with Gasteiger partial charge in [0.25, 0.3) is 0 Å². The number of fused-ring (bicyclic) bond motifs is 2. The van der Waals surface area contributed by atoms with Crippen molar-refractivity contribution in [3.05, 3.63) is 12.1 Å². The number of benzene rings is 1. The summed E-state index contributed by atoms with van der Waals surface area (Å²) in [6.07, 6.45) is 0.386. The van der Waals surface area contributed by atoms with Gasteiger partial charge in [0.15, 0.2) is 11.5 Å². The standard InChI is InChI=1S/C12H13NO4/c1-13-8-6-10-11(17-5-4-16-10)7-9(8)15-3-2-12(13)14/h6-7H,2-5H2,1H3. The molecular weight excluding hydrogens is 222 g/mol. The number of nitrogens with zero attached hydrogens (tertiary/aromatic N) is 1. The van der Waals surface area contributed by atoms with Gasteiger partial charge in [-0.15, -0.1) is 0 Å². The Balaban J connectivity index is 2.09. The first-order chi connectivity index (χ1) is 8.25. The van der Waals surface area contributed by atoms with E-state index in [1.807, 2.05) is 0 Å². The Kier molecular flexibility index (Phi) is 2.31. The summed E-state index contributed by atoms with van der Waals surface area (Å²) < 4.78 is 16.5. The molecule has 17 heavy (non-hydrogen) atoms. The number of carbonyl (C=O) groups excluding carboxylic acids is 1. The van der Waals surface area contributed by atoms with Gasteiger partial charge < -0.3 is 19.1 Å². The minimum atomic E-state index is 0.0421. The highest BCUT2D eigenvalue weighted by atomic mass is 16.6. The van der Waals surface area contributed by atoms with E-state index in [2.05, 4.69) is 0 Å². The van der Waals surface area contributed by atoms with Gasteiger partial charge in [-0.05, 0) is 0 Å². The number of hydrogen-bond acceptors (Lipinski definition) is 4. The lowest BCUT2D eigenvalue weighted by molar-refractivity contribution is -0.118. The normalized spacial score (nSPS) is 18.2. The van der Waals surface area contributed by atoms with Crippen LogP contribution in [0.3, 0.4) is 0 Å². The fourth-order valence-corrected chi connectivity index (χ4v) is 1.99. The molecule has 90 valence electrons. The van der Waals surface area contributed by atoms with E-state index in [0.29, 0.717) is 43.5 Å². The van der Waals surface area contributed by atoms with E-state index < -0.39 is 0 Å². The van der Waals surface area contributed by atoms with Crippen LogP contribution in [0.1, 0.15) is 6.42 Å². The lowest BCUT2D eigenvalue weighted by Gasteiger charge is -2.22. The first kappa shape index (κ1) is 10.3. The van der Waals surface area contributed by atoms with Crippen molar-refractivity contribution in [1.29, 1.82) is 0 Å². The van der Waals surface area contributed by atoms with Crippen molar-refractivity contribution in [2.24, 2.45) is 0 Å². The zero-order valence-electron chi connectivity index (χ0n) is 9.56. The highest BCUT2D eigenvalue weighted by Crippen LogP contribution is 2.42. The maximum atomic E-state index is 11.7. The van der Waals surface area contributed by atoms with Crippen LogP contribution in [0.5, 0.6) is 17.2 Å². The van der Waals surface area contributed by atoms with Crippen molar-refractivity contribution < 1.29 is 19.0 Å². The van der Waals surface area contributed by atoms with Crippen LogP contribution in [0.4, 0.5) is 5.69 Å². The molecule has 5 nitrogen and oxygen atoms in total. The van der Waals surface area contributed by atoms with Crippen LogP contribution in [-0.4, -0.2) is 32.8 Å². The average molecular weight is 235 g/mol. The molecule has 0 atom stereocenters. The molecule has 2 heterocycles. The quantitative estimate of drug-likeness (QED) is 0.678. The lowest BCUT2D eigenvalue weighted by atomic mass is 10.2. The monoisotopic (exact) mass is 235 g/mol. The van der Waals surface area contributed by atoms with E-state index in [0.717, 1.165) is 5.69 Å². The van der Waals surface area contributed by atoms with Gasteiger partial charge in [-0.25, -0.2) is 0 Å². The topological polar surface area (TPSA) is 48.0 Å². The second-order valence-corrected chi connectivity index (χ2v) is 4.01. The second-order valence-electron chi connectivity index (χ2n) is 4.01. The van der Waals surface area contributed by atoms with Crippen molar-refractivity contribution in [2.45, 2.75) is 6.42 Å². The van der Waals surface area contributed by atoms with E-state index in [4.69, 9.17) is 14.2 Å². The van der Waals surface area contributed by atoms with E-state index in [1.165, 1.54) is 0 Å². The molecule has 0 N–H and O–H groups in total. The van der Waals surface area contributed by atoms with Crippen molar-refractivity contribution in [3.8, 4) is 17.2 Å². The van der Waals surface area contributed by atoms with Crippen LogP contribution in [0, 0.1) is 0 Å². The minimum Gasteiger partial charge on any atom is -0.491 e. The predicted octanol–water partition coefficient (Wildman–Crippen LogP) is 1.20. The summed E-state index contributed by atoms with van der Waals surface area (Å²) in [5.74, 6) is 2.06. The van der Waals surface area contributed by atoms with E-state index in [-0.39, 0.29) is 5.91 Å². The molecule has 0 fully saturated rings. The molecule has 0 saturated carbocycles. The Morgan fingerprint density at radius 3 is 2.41 bits per heavy atom. The summed E-state index contributed by atoms with van der Waals surface area (Å²) in [7, 11) is 1.74. The molecular formula is C12H13NO4. The molecule has 0 saturated heterocycles. The Bertz CT molecular complexity index is 472. The maximum Gasteiger partial charge on any atom is 0.230 e. The molecule has 1 aromatic carbocycles. The van der Waals surface area contributed by atoms with Gasteiger partial charge in [0.1, 0.15) is 19.0 Å². The molecule has 3 rings (SSSR count). The summed E-state index contributed by atoms with van der Waals surface area (Å²) in [6.45, 7) is 1.47. The molecule has 1 amide bonds. The van der Waals surface area contributed by atoms with Crippen molar-refractivity contribution in [2.75, 3.05) is 31.8 Å². The highest BCUT2D eigenvalue weighted by Gasteiger charge is 2.24. The Morgan fingerprint density at radius 1 is 1.00 bits per heavy atom. The second kappa shape index (κ2) is 3.84. The molecule has 0 spiro atoms. The van der Waals surface area contributed by atoms with Gasteiger partial charge in [-0.1, -0.05) is 0 Å². The zero-order chi connectivity index (χ0) is 11.8. The molecule has 2 aliphatic heterocycles. The van der Waals surface area contributed by atoms with Gasteiger partial charge in [0.05, 0.1) is 18.7 Å². The van der Waals surface area contributed by atoms with Crippen molar-refractivity contribution in [1.82, 2.24) is 0 Å². The molecule has 0 bridgehead atoms. The maximum absolute atomic E-state index is 11.7. The first-order valence-corrected chi connectivity index (χ1v) is 5.59. The van der Waals surface area contributed by atoms with Crippen molar-refractivity contribution >= 4 is 11.6 Å². The smallest absolute Gasteiger partial charge is 0.230 e. The van der Waals surface area contributed by atoms with Crippen LogP contribution in [-0.2, 0) is 4.79 Å². The zero-order valence-corrected chi connectivity index (χ0v) is 9.56. The summed E-state index contributed by atoms with van der Waals surface area (Å²) >= 11 is 0. The number of rotatable bonds is 0. The Labute approximate surface area is 98.9 Å². The van der Waals surface area contributed by atoms with Crippen LogP contribution in [0.15, 0.2) is 12.1 Å². The van der Waals surface area contributed by atoms with E-state index in [9.17, 15) is 4.79 Å². The SMILES string of the molecule is CN1C(=O)CCOc2cc3c(cc21)OCCO3. The molecule has 1 aromatic rings. The molecule has 5 heteroatoms. The summed E-state index contributed by atoms with van der Waals surface area (Å²) in [5.41, 5.74) is 0.733. The highest BCUT2D eigenvalue weighted by molar-refractivity contribution is 5.95. The number of ether oxygens (including phenoxy) is 3. The van der Waals surface area contributed by atoms with Crippen LogP contribution >= 0.6 is 0 Å². The number of carbonyl (C=O) groups is 1. The molecule has 0 aromatic heterocycles. The van der Waals surface area contributed by atoms with Gasteiger partial charge in [0.2, 0.25) is 5.91 Å². The number of amides is 1. The third kappa shape index (κ3) is 1.67. The molecule has 0 radical (unpaired) electrons. The van der Waals surface area contributed by atoms with Gasteiger partial charge >= 0.3 is 0 Å². The summed E-state index contributed by atoms with van der Waals surface area (Å²) in [4.78, 5) is 13.3. The van der Waals surface area contributed by atoms with E-state index >= 15 is 0 Å². The third-order valence-electron chi connectivity index (χ3n) is 2.93. The number of hydrogen-bond donors (Lipinski definition) is 0. The fourth-order valence-electron chi connectivity index (χ4n) is 1.99. The molecule has 0 unspecified atom stereocenters. The Hall–Kier alpha value is -1.91. The first-order valence-electron chi connectivity index (χ1n) is 5.59. The third-order valence-corrected chi connectivity index (χ3v) is 2.93.